The summed E-state index contributed by atoms with van der Waals surface area (Å²) in [5.74, 6) is -0.433. The highest BCUT2D eigenvalue weighted by molar-refractivity contribution is 7.80. The summed E-state index contributed by atoms with van der Waals surface area (Å²) in [5.41, 5.74) is 1.29. The Morgan fingerprint density at radius 1 is 1.04 bits per heavy atom. The molecule has 1 saturated heterocycles. The lowest BCUT2D eigenvalue weighted by atomic mass is 10.1. The number of likely N-dealkylation sites (N-methyl/N-ethyl adjacent to an activating group) is 1. The van der Waals surface area contributed by atoms with Gasteiger partial charge < -0.3 is 5.32 Å². The molecule has 7 heteroatoms. The predicted octanol–water partition coefficient (Wildman–Crippen LogP) is 1.94. The van der Waals surface area contributed by atoms with Crippen LogP contribution in [0, 0.1) is 0 Å². The maximum atomic E-state index is 12.9. The lowest BCUT2D eigenvalue weighted by molar-refractivity contribution is -0.119. The van der Waals surface area contributed by atoms with E-state index < -0.39 is 6.04 Å². The van der Waals surface area contributed by atoms with Crippen LogP contribution in [0.15, 0.2) is 60.7 Å². The van der Waals surface area contributed by atoms with Crippen LogP contribution in [0.1, 0.15) is 17.3 Å². The van der Waals surface area contributed by atoms with E-state index in [1.807, 2.05) is 55.4 Å². The van der Waals surface area contributed by atoms with E-state index in [1.54, 1.807) is 29.3 Å². The van der Waals surface area contributed by atoms with Gasteiger partial charge in [0, 0.05) is 12.6 Å². The second-order valence-electron chi connectivity index (χ2n) is 6.07. The molecule has 2 aromatic rings. The highest BCUT2D eigenvalue weighted by atomic mass is 32.1. The van der Waals surface area contributed by atoms with Crippen LogP contribution in [-0.4, -0.2) is 41.1 Å². The number of amides is 2. The predicted molar refractivity (Wildman–Crippen MR) is 105 cm³/mol. The Morgan fingerprint density at radius 2 is 1.62 bits per heavy atom. The van der Waals surface area contributed by atoms with E-state index in [1.165, 1.54) is 0 Å². The van der Waals surface area contributed by atoms with Crippen LogP contribution in [0.5, 0.6) is 0 Å². The number of rotatable bonds is 3. The third kappa shape index (κ3) is 3.58. The molecule has 1 fully saturated rings. The van der Waals surface area contributed by atoms with Gasteiger partial charge in [0.25, 0.3) is 11.8 Å². The Balaban J connectivity index is 1.68. The van der Waals surface area contributed by atoms with Crippen molar-refractivity contribution in [3.63, 3.8) is 0 Å². The Morgan fingerprint density at radius 3 is 2.23 bits per heavy atom. The molecule has 0 spiro atoms. The quantitative estimate of drug-likeness (QED) is 0.811. The fourth-order valence-corrected chi connectivity index (χ4v) is 3.11. The summed E-state index contributed by atoms with van der Waals surface area (Å²) in [4.78, 5) is 25.1. The average molecular weight is 368 g/mol. The van der Waals surface area contributed by atoms with Crippen molar-refractivity contribution in [3.8, 4) is 0 Å². The monoisotopic (exact) mass is 368 g/mol. The van der Waals surface area contributed by atoms with Gasteiger partial charge >= 0.3 is 0 Å². The first-order valence-corrected chi connectivity index (χ1v) is 8.68. The van der Waals surface area contributed by atoms with Crippen molar-refractivity contribution < 1.29 is 9.59 Å². The van der Waals surface area contributed by atoms with Crippen molar-refractivity contribution >= 4 is 34.8 Å². The van der Waals surface area contributed by atoms with Crippen molar-refractivity contribution in [3.05, 3.63) is 66.2 Å². The molecule has 0 aliphatic carbocycles. The smallest absolute Gasteiger partial charge is 0.265 e. The highest BCUT2D eigenvalue weighted by Crippen LogP contribution is 2.25. The van der Waals surface area contributed by atoms with Gasteiger partial charge in [0.05, 0.1) is 11.7 Å². The molecular weight excluding hydrogens is 348 g/mol. The Hall–Kier alpha value is -2.77. The molecule has 1 aliphatic heterocycles. The maximum Gasteiger partial charge on any atom is 0.265 e. The van der Waals surface area contributed by atoms with E-state index >= 15 is 0 Å². The molecule has 0 saturated carbocycles. The summed E-state index contributed by atoms with van der Waals surface area (Å²) in [5, 5.41) is 9.21. The summed E-state index contributed by atoms with van der Waals surface area (Å²) in [6.07, 6.45) is 0. The number of hydrogen-bond acceptors (Lipinski definition) is 4. The van der Waals surface area contributed by atoms with Gasteiger partial charge in [-0.3, -0.25) is 14.9 Å². The highest BCUT2D eigenvalue weighted by Gasteiger charge is 2.43. The lowest BCUT2D eigenvalue weighted by Gasteiger charge is -2.26. The SMILES string of the molecule is C[C@@H]1[C@H](NC(=S)NC(=O)c2ccccc2)C(=O)N(c2ccccc2)N1C. The number of hydrazine groups is 1. The molecule has 1 heterocycles. The lowest BCUT2D eigenvalue weighted by Crippen LogP contribution is -2.50. The summed E-state index contributed by atoms with van der Waals surface area (Å²) in [7, 11) is 1.85. The second-order valence-corrected chi connectivity index (χ2v) is 6.48. The Bertz CT molecular complexity index is 813. The van der Waals surface area contributed by atoms with Crippen LogP contribution in [0.4, 0.5) is 5.69 Å². The molecule has 2 aromatic carbocycles. The zero-order valence-corrected chi connectivity index (χ0v) is 15.4. The van der Waals surface area contributed by atoms with Gasteiger partial charge in [0.15, 0.2) is 5.11 Å². The fraction of sp³-hybridized carbons (Fsp3) is 0.211. The number of carbonyl (C=O) groups excluding carboxylic acids is 2. The van der Waals surface area contributed by atoms with E-state index in [9.17, 15) is 9.59 Å². The zero-order chi connectivity index (χ0) is 18.7. The van der Waals surface area contributed by atoms with E-state index in [-0.39, 0.29) is 23.0 Å². The van der Waals surface area contributed by atoms with Gasteiger partial charge in [-0.05, 0) is 43.4 Å². The van der Waals surface area contributed by atoms with Crippen LogP contribution in [0.25, 0.3) is 0 Å². The van der Waals surface area contributed by atoms with Gasteiger partial charge in [-0.15, -0.1) is 0 Å². The molecule has 3 rings (SSSR count). The van der Waals surface area contributed by atoms with Gasteiger partial charge in [0.2, 0.25) is 0 Å². The van der Waals surface area contributed by atoms with Crippen LogP contribution in [-0.2, 0) is 4.79 Å². The summed E-state index contributed by atoms with van der Waals surface area (Å²) < 4.78 is 0. The standard InChI is InChI=1S/C19H20N4O2S/c1-13-16(18(25)23(22(13)2)15-11-7-4-8-12-15)20-19(26)21-17(24)14-9-5-3-6-10-14/h3-13,16H,1-2H3,(H2,20,21,24,26)/t13-,16+/m1/s1. The molecule has 2 amide bonds. The summed E-state index contributed by atoms with van der Waals surface area (Å²) >= 11 is 5.23. The molecule has 26 heavy (non-hydrogen) atoms. The summed E-state index contributed by atoms with van der Waals surface area (Å²) in [6.45, 7) is 1.93. The number of nitrogens with one attached hydrogen (secondary N) is 2. The molecule has 1 aliphatic rings. The summed E-state index contributed by atoms with van der Waals surface area (Å²) in [6, 6.07) is 17.5. The first-order valence-electron chi connectivity index (χ1n) is 8.27. The van der Waals surface area contributed by atoms with Crippen molar-refractivity contribution in [1.29, 1.82) is 0 Å². The van der Waals surface area contributed by atoms with Gasteiger partial charge in [-0.2, -0.15) is 0 Å². The second kappa shape index (κ2) is 7.63. The molecule has 0 unspecified atom stereocenters. The van der Waals surface area contributed by atoms with Crippen molar-refractivity contribution in [2.75, 3.05) is 12.1 Å². The number of hydrogen-bond donors (Lipinski definition) is 2. The minimum absolute atomic E-state index is 0.123. The van der Waals surface area contributed by atoms with E-state index in [0.717, 1.165) is 5.69 Å². The maximum absolute atomic E-state index is 12.9. The molecule has 0 aromatic heterocycles. The van der Waals surface area contributed by atoms with Crippen molar-refractivity contribution in [2.45, 2.75) is 19.0 Å². The first kappa shape index (κ1) is 18.0. The molecule has 2 atom stereocenters. The van der Waals surface area contributed by atoms with Crippen LogP contribution in [0.2, 0.25) is 0 Å². The number of nitrogens with zero attached hydrogens (tertiary/aromatic N) is 2. The minimum Gasteiger partial charge on any atom is -0.349 e. The molecule has 134 valence electrons. The topological polar surface area (TPSA) is 64.7 Å². The minimum atomic E-state index is -0.552. The van der Waals surface area contributed by atoms with Crippen molar-refractivity contribution in [1.82, 2.24) is 15.6 Å². The molecule has 2 N–H and O–H groups in total. The van der Waals surface area contributed by atoms with Crippen LogP contribution in [0.3, 0.4) is 0 Å². The molecule has 6 nitrogen and oxygen atoms in total. The number of carbonyl (C=O) groups is 2. The Kier molecular flexibility index (Phi) is 5.29. The number of benzene rings is 2. The third-order valence-electron chi connectivity index (χ3n) is 4.41. The molecular formula is C19H20N4O2S. The van der Waals surface area contributed by atoms with E-state index in [2.05, 4.69) is 10.6 Å². The third-order valence-corrected chi connectivity index (χ3v) is 4.63. The van der Waals surface area contributed by atoms with Gasteiger partial charge in [0.1, 0.15) is 6.04 Å². The average Bonchev–Trinajstić information content (AvgIpc) is 2.86. The number of para-hydroxylation sites is 1. The molecule has 0 radical (unpaired) electrons. The van der Waals surface area contributed by atoms with Crippen LogP contribution >= 0.6 is 12.2 Å². The molecule has 0 bridgehead atoms. The van der Waals surface area contributed by atoms with E-state index in [0.29, 0.717) is 5.56 Å². The van der Waals surface area contributed by atoms with Crippen LogP contribution < -0.4 is 15.6 Å². The largest absolute Gasteiger partial charge is 0.349 e. The first-order chi connectivity index (χ1) is 12.5. The number of anilines is 1. The number of thiocarbonyl (C=S) groups is 1. The normalized spacial score (nSPS) is 20.1. The Labute approximate surface area is 157 Å². The zero-order valence-electron chi connectivity index (χ0n) is 14.5. The van der Waals surface area contributed by atoms with Gasteiger partial charge in [-0.1, -0.05) is 36.4 Å². The van der Waals surface area contributed by atoms with Crippen molar-refractivity contribution in [2.24, 2.45) is 0 Å². The fourth-order valence-electron chi connectivity index (χ4n) is 2.89. The van der Waals surface area contributed by atoms with Gasteiger partial charge in [-0.25, -0.2) is 10.0 Å². The van der Waals surface area contributed by atoms with E-state index in [4.69, 9.17) is 12.2 Å².